The molecule has 98 valence electrons. The van der Waals surface area contributed by atoms with Crippen LogP contribution in [-0.4, -0.2) is 30.8 Å². The molecule has 2 heterocycles. The van der Waals surface area contributed by atoms with Gasteiger partial charge in [0.05, 0.1) is 0 Å². The number of H-pyrrole nitrogens is 2. The first kappa shape index (κ1) is 11.1. The fourth-order valence-electron chi connectivity index (χ4n) is 2.37. The summed E-state index contributed by atoms with van der Waals surface area (Å²) in [4.78, 5) is 0. The van der Waals surface area contributed by atoms with Crippen LogP contribution in [0.5, 0.6) is 0 Å². The van der Waals surface area contributed by atoms with E-state index in [0.717, 1.165) is 34.9 Å². The Labute approximate surface area is 114 Å². The Morgan fingerprint density at radius 1 is 0.600 bits per heavy atom. The molecule has 0 aliphatic carbocycles. The van der Waals surface area contributed by atoms with Gasteiger partial charge in [0.2, 0.25) is 0 Å². The Bertz CT molecular complexity index is 801. The predicted molar refractivity (Wildman–Crippen MR) is 75.2 cm³/mol. The molecule has 0 saturated carbocycles. The Morgan fingerprint density at radius 3 is 1.55 bits per heavy atom. The third-order valence-electron chi connectivity index (χ3n) is 3.46. The molecule has 0 saturated heterocycles. The first-order valence-electron chi connectivity index (χ1n) is 6.47. The summed E-state index contributed by atoms with van der Waals surface area (Å²) in [5.74, 6) is 0. The van der Waals surface area contributed by atoms with Gasteiger partial charge in [-0.2, -0.15) is 30.8 Å². The van der Waals surface area contributed by atoms with Crippen LogP contribution in [0.25, 0.3) is 22.1 Å². The van der Waals surface area contributed by atoms with E-state index in [2.05, 4.69) is 55.1 Å². The minimum Gasteiger partial charge on any atom is -0.197 e. The average Bonchev–Trinajstić information content (AvgIpc) is 3.12. The van der Waals surface area contributed by atoms with Crippen LogP contribution in [0.15, 0.2) is 36.4 Å². The van der Waals surface area contributed by atoms with Crippen molar-refractivity contribution in [3.63, 3.8) is 0 Å². The zero-order valence-corrected chi connectivity index (χ0v) is 10.7. The lowest BCUT2D eigenvalue weighted by Gasteiger charge is -2.02. The number of aromatic amines is 2. The quantitative estimate of drug-likeness (QED) is 0.593. The molecule has 0 aliphatic heterocycles. The van der Waals surface area contributed by atoms with Gasteiger partial charge in [0.15, 0.2) is 0 Å². The van der Waals surface area contributed by atoms with Crippen molar-refractivity contribution in [1.82, 2.24) is 30.8 Å². The lowest BCUT2D eigenvalue weighted by molar-refractivity contribution is 0.953. The van der Waals surface area contributed by atoms with Crippen LogP contribution < -0.4 is 0 Å². The van der Waals surface area contributed by atoms with Gasteiger partial charge < -0.3 is 0 Å². The molecule has 0 aliphatic rings. The van der Waals surface area contributed by atoms with E-state index in [1.54, 1.807) is 0 Å². The van der Waals surface area contributed by atoms with Crippen molar-refractivity contribution in [1.29, 1.82) is 0 Å². The number of aromatic nitrogens is 6. The topological polar surface area (TPSA) is 83.1 Å². The monoisotopic (exact) mass is 264 g/mol. The van der Waals surface area contributed by atoms with Crippen molar-refractivity contribution >= 4 is 22.1 Å². The summed E-state index contributed by atoms with van der Waals surface area (Å²) in [5.41, 5.74) is 6.14. The lowest BCUT2D eigenvalue weighted by Crippen LogP contribution is -1.91. The highest BCUT2D eigenvalue weighted by atomic mass is 15.3. The third kappa shape index (κ3) is 1.91. The molecule has 6 heteroatoms. The minimum atomic E-state index is 0.901. The van der Waals surface area contributed by atoms with E-state index in [1.807, 2.05) is 12.1 Å². The predicted octanol–water partition coefficient (Wildman–Crippen LogP) is 2.01. The molecular weight excluding hydrogens is 252 g/mol. The van der Waals surface area contributed by atoms with Gasteiger partial charge in [0.25, 0.3) is 0 Å². The summed E-state index contributed by atoms with van der Waals surface area (Å²) in [7, 11) is 0. The van der Waals surface area contributed by atoms with Crippen molar-refractivity contribution < 1.29 is 0 Å². The second kappa shape index (κ2) is 4.41. The van der Waals surface area contributed by atoms with Crippen molar-refractivity contribution in [2.24, 2.45) is 0 Å². The van der Waals surface area contributed by atoms with Gasteiger partial charge in [-0.3, -0.25) is 0 Å². The van der Waals surface area contributed by atoms with Crippen LogP contribution in [0.3, 0.4) is 0 Å². The smallest absolute Gasteiger partial charge is 0.113 e. The second-order valence-electron chi connectivity index (χ2n) is 4.79. The zero-order valence-electron chi connectivity index (χ0n) is 10.7. The highest BCUT2D eigenvalue weighted by Crippen LogP contribution is 2.15. The maximum atomic E-state index is 4.11. The number of hydrogen-bond donors (Lipinski definition) is 2. The molecule has 0 radical (unpaired) electrons. The molecule has 0 amide bonds. The largest absolute Gasteiger partial charge is 0.197 e. The van der Waals surface area contributed by atoms with Crippen LogP contribution in [0, 0.1) is 0 Å². The maximum absolute atomic E-state index is 4.11. The van der Waals surface area contributed by atoms with Gasteiger partial charge in [-0.15, -0.1) is 0 Å². The summed E-state index contributed by atoms with van der Waals surface area (Å²) in [6, 6.07) is 12.3. The van der Waals surface area contributed by atoms with E-state index in [9.17, 15) is 0 Å². The molecule has 0 atom stereocenters. The fraction of sp³-hybridized carbons (Fsp3) is 0.143. The number of hydrogen-bond acceptors (Lipinski definition) is 4. The van der Waals surface area contributed by atoms with Crippen LogP contribution in [0.2, 0.25) is 0 Å². The first-order valence-corrected chi connectivity index (χ1v) is 6.47. The molecule has 4 rings (SSSR count). The molecular formula is C14H12N6. The van der Waals surface area contributed by atoms with Crippen LogP contribution in [-0.2, 0) is 12.8 Å². The Hall–Kier alpha value is -2.76. The van der Waals surface area contributed by atoms with Crippen molar-refractivity contribution in [3.8, 4) is 0 Å². The van der Waals surface area contributed by atoms with E-state index in [1.165, 1.54) is 11.1 Å². The van der Waals surface area contributed by atoms with Crippen molar-refractivity contribution in [2.75, 3.05) is 0 Å². The SMILES string of the molecule is c1cc2n[nH]nc2cc1CCc1ccc2n[nH]nc2c1. The minimum absolute atomic E-state index is 0.901. The summed E-state index contributed by atoms with van der Waals surface area (Å²) in [5, 5.41) is 21.6. The number of benzene rings is 2. The fourth-order valence-corrected chi connectivity index (χ4v) is 2.37. The highest BCUT2D eigenvalue weighted by Gasteiger charge is 2.03. The van der Waals surface area contributed by atoms with E-state index < -0.39 is 0 Å². The Morgan fingerprint density at radius 2 is 1.05 bits per heavy atom. The molecule has 2 aromatic heterocycles. The molecule has 0 fully saturated rings. The first-order chi connectivity index (χ1) is 9.88. The summed E-state index contributed by atoms with van der Waals surface area (Å²) < 4.78 is 0. The van der Waals surface area contributed by atoms with Crippen LogP contribution >= 0.6 is 0 Å². The molecule has 0 bridgehead atoms. The average molecular weight is 264 g/mol. The summed E-state index contributed by atoms with van der Waals surface area (Å²) in [6.07, 6.45) is 1.93. The summed E-state index contributed by atoms with van der Waals surface area (Å²) in [6.45, 7) is 0. The highest BCUT2D eigenvalue weighted by molar-refractivity contribution is 5.75. The molecule has 20 heavy (non-hydrogen) atoms. The molecule has 2 aromatic carbocycles. The van der Waals surface area contributed by atoms with E-state index >= 15 is 0 Å². The van der Waals surface area contributed by atoms with Crippen LogP contribution in [0.4, 0.5) is 0 Å². The van der Waals surface area contributed by atoms with Gasteiger partial charge >= 0.3 is 0 Å². The van der Waals surface area contributed by atoms with E-state index in [4.69, 9.17) is 0 Å². The van der Waals surface area contributed by atoms with Gasteiger partial charge in [0.1, 0.15) is 22.1 Å². The van der Waals surface area contributed by atoms with Gasteiger partial charge in [0, 0.05) is 0 Å². The molecule has 2 N–H and O–H groups in total. The number of nitrogens with zero attached hydrogens (tertiary/aromatic N) is 4. The Kier molecular flexibility index (Phi) is 2.45. The number of rotatable bonds is 3. The molecule has 4 aromatic rings. The van der Waals surface area contributed by atoms with E-state index in [0.29, 0.717) is 0 Å². The van der Waals surface area contributed by atoms with E-state index in [-0.39, 0.29) is 0 Å². The molecule has 0 unspecified atom stereocenters. The lowest BCUT2D eigenvalue weighted by atomic mass is 10.0. The Balaban J connectivity index is 1.56. The van der Waals surface area contributed by atoms with Gasteiger partial charge in [-0.05, 0) is 48.2 Å². The number of nitrogens with one attached hydrogen (secondary N) is 2. The number of fused-ring (bicyclic) bond motifs is 2. The maximum Gasteiger partial charge on any atom is 0.113 e. The van der Waals surface area contributed by atoms with Crippen LogP contribution in [0.1, 0.15) is 11.1 Å². The van der Waals surface area contributed by atoms with Crippen molar-refractivity contribution in [2.45, 2.75) is 12.8 Å². The van der Waals surface area contributed by atoms with Gasteiger partial charge in [-0.25, -0.2) is 0 Å². The molecule has 6 nitrogen and oxygen atoms in total. The second-order valence-corrected chi connectivity index (χ2v) is 4.79. The summed E-state index contributed by atoms with van der Waals surface area (Å²) >= 11 is 0. The standard InChI is InChI=1S/C14H12N6/c1(9-3-5-11-13(7-9)17-19-15-11)2-10-4-6-12-14(8-10)18-20-16-12/h3-8H,1-2H2,(H,15,17,19)(H,16,18,20). The van der Waals surface area contributed by atoms with Gasteiger partial charge in [-0.1, -0.05) is 12.1 Å². The third-order valence-corrected chi connectivity index (χ3v) is 3.46. The van der Waals surface area contributed by atoms with Crippen molar-refractivity contribution in [3.05, 3.63) is 47.5 Å². The number of aryl methyl sites for hydroxylation is 2. The zero-order chi connectivity index (χ0) is 13.4. The normalized spacial score (nSPS) is 11.4. The molecule has 0 spiro atoms.